The molecule has 0 amide bonds. The molecule has 0 aliphatic carbocycles. The topological polar surface area (TPSA) is 78.9 Å². The Kier molecular flexibility index (Phi) is 20.5. The van der Waals surface area contributed by atoms with Gasteiger partial charge in [-0.05, 0) is 6.42 Å². The van der Waals surface area contributed by atoms with Gasteiger partial charge in [0.1, 0.15) is 13.2 Å². The molecule has 31 heavy (non-hydrogen) atoms. The third kappa shape index (κ3) is 22.9. The Morgan fingerprint density at radius 1 is 0.581 bits per heavy atom. The molecule has 1 atom stereocenters. The lowest BCUT2D eigenvalue weighted by molar-refractivity contribution is -0.164. The Balaban J connectivity index is 3.50. The summed E-state index contributed by atoms with van der Waals surface area (Å²) in [7, 11) is 0. The molecule has 0 radical (unpaired) electrons. The van der Waals surface area contributed by atoms with Crippen molar-refractivity contribution in [1.29, 1.82) is 0 Å². The number of hydrogen-bond donors (Lipinski definition) is 0. The van der Waals surface area contributed by atoms with Crippen LogP contribution in [0.2, 0.25) is 0 Å². The second-order valence-electron chi connectivity index (χ2n) is 8.42. The lowest BCUT2D eigenvalue weighted by Crippen LogP contribution is -2.29. The van der Waals surface area contributed by atoms with Crippen LogP contribution in [0, 0.1) is 0 Å². The van der Waals surface area contributed by atoms with Gasteiger partial charge in [0.15, 0.2) is 6.10 Å². The Labute approximate surface area is 189 Å². The second-order valence-corrected chi connectivity index (χ2v) is 8.42. The summed E-state index contributed by atoms with van der Waals surface area (Å²) in [6.45, 7) is 4.59. The number of rotatable bonds is 21. The van der Waals surface area contributed by atoms with Crippen molar-refractivity contribution in [1.82, 2.24) is 0 Å². The van der Waals surface area contributed by atoms with Crippen LogP contribution < -0.4 is 0 Å². The van der Waals surface area contributed by atoms with E-state index in [0.29, 0.717) is 6.42 Å². The van der Waals surface area contributed by atoms with Gasteiger partial charge in [0.25, 0.3) is 0 Å². The van der Waals surface area contributed by atoms with Crippen molar-refractivity contribution in [3.63, 3.8) is 0 Å². The predicted octanol–water partition coefficient (Wildman–Crippen LogP) is 6.29. The van der Waals surface area contributed by atoms with E-state index in [1.165, 1.54) is 90.9 Å². The molecule has 0 aromatic rings. The zero-order valence-electron chi connectivity index (χ0n) is 20.3. The van der Waals surface area contributed by atoms with Crippen molar-refractivity contribution in [2.24, 2.45) is 0 Å². The smallest absolute Gasteiger partial charge is 0.305 e. The SMILES string of the molecule is CCCCCCCCCCCCCCCCCC(=O)OC[C@H](COC(C)=O)OC(C)=O. The van der Waals surface area contributed by atoms with Gasteiger partial charge in [0.2, 0.25) is 0 Å². The molecule has 0 aliphatic heterocycles. The van der Waals surface area contributed by atoms with Crippen LogP contribution in [0.15, 0.2) is 0 Å². The van der Waals surface area contributed by atoms with E-state index in [0.717, 1.165) is 19.3 Å². The summed E-state index contributed by atoms with van der Waals surface area (Å²) in [6, 6.07) is 0. The highest BCUT2D eigenvalue weighted by Crippen LogP contribution is 2.14. The molecular formula is C25H46O6. The number of carbonyl (C=O) groups is 3. The zero-order chi connectivity index (χ0) is 23.2. The van der Waals surface area contributed by atoms with Crippen LogP contribution in [0.25, 0.3) is 0 Å². The molecule has 0 spiro atoms. The molecule has 0 heterocycles. The van der Waals surface area contributed by atoms with Gasteiger partial charge in [-0.2, -0.15) is 0 Å². The van der Waals surface area contributed by atoms with Crippen LogP contribution in [0.3, 0.4) is 0 Å². The van der Waals surface area contributed by atoms with Gasteiger partial charge < -0.3 is 14.2 Å². The van der Waals surface area contributed by atoms with E-state index in [9.17, 15) is 14.4 Å². The van der Waals surface area contributed by atoms with E-state index in [1.807, 2.05) is 0 Å². The highest BCUT2D eigenvalue weighted by atomic mass is 16.6. The first-order valence-corrected chi connectivity index (χ1v) is 12.4. The minimum Gasteiger partial charge on any atom is -0.462 e. The molecule has 0 bridgehead atoms. The number of ether oxygens (including phenoxy) is 3. The van der Waals surface area contributed by atoms with Crippen LogP contribution in [0.4, 0.5) is 0 Å². The van der Waals surface area contributed by atoms with E-state index in [1.54, 1.807) is 0 Å². The summed E-state index contributed by atoms with van der Waals surface area (Å²) < 4.78 is 15.0. The summed E-state index contributed by atoms with van der Waals surface area (Å²) in [4.78, 5) is 33.8. The van der Waals surface area contributed by atoms with Crippen molar-refractivity contribution in [2.75, 3.05) is 13.2 Å². The first-order valence-electron chi connectivity index (χ1n) is 12.4. The van der Waals surface area contributed by atoms with Gasteiger partial charge in [0, 0.05) is 20.3 Å². The maximum Gasteiger partial charge on any atom is 0.305 e. The quantitative estimate of drug-likeness (QED) is 0.118. The fraction of sp³-hybridized carbons (Fsp3) is 0.880. The maximum atomic E-state index is 11.8. The summed E-state index contributed by atoms with van der Waals surface area (Å²) in [5.74, 6) is -1.29. The summed E-state index contributed by atoms with van der Waals surface area (Å²) >= 11 is 0. The van der Waals surface area contributed by atoms with E-state index in [2.05, 4.69) is 6.92 Å². The first kappa shape index (κ1) is 29.4. The highest BCUT2D eigenvalue weighted by Gasteiger charge is 2.16. The lowest BCUT2D eigenvalue weighted by atomic mass is 10.0. The molecule has 0 fully saturated rings. The van der Waals surface area contributed by atoms with Crippen molar-refractivity contribution < 1.29 is 28.6 Å². The molecule has 182 valence electrons. The molecule has 0 rings (SSSR count). The molecule has 0 aliphatic rings. The van der Waals surface area contributed by atoms with Crippen LogP contribution in [-0.2, 0) is 28.6 Å². The van der Waals surface area contributed by atoms with Crippen LogP contribution >= 0.6 is 0 Å². The summed E-state index contributed by atoms with van der Waals surface area (Å²) in [5.41, 5.74) is 0. The van der Waals surface area contributed by atoms with Gasteiger partial charge >= 0.3 is 17.9 Å². The van der Waals surface area contributed by atoms with Crippen molar-refractivity contribution >= 4 is 17.9 Å². The molecule has 0 saturated carbocycles. The Bertz CT molecular complexity index is 463. The fourth-order valence-electron chi connectivity index (χ4n) is 3.46. The minimum atomic E-state index is -0.758. The highest BCUT2D eigenvalue weighted by molar-refractivity contribution is 5.69. The van der Waals surface area contributed by atoms with Crippen molar-refractivity contribution in [2.45, 2.75) is 130 Å². The minimum absolute atomic E-state index is 0.0928. The molecule has 0 saturated heterocycles. The zero-order valence-corrected chi connectivity index (χ0v) is 20.3. The summed E-state index contributed by atoms with van der Waals surface area (Å²) in [5, 5.41) is 0. The number of unbranched alkanes of at least 4 members (excludes halogenated alkanes) is 14. The molecule has 0 N–H and O–H groups in total. The van der Waals surface area contributed by atoms with Gasteiger partial charge in [-0.25, -0.2) is 0 Å². The average molecular weight is 443 g/mol. The second kappa shape index (κ2) is 21.6. The molecule has 6 nitrogen and oxygen atoms in total. The molecular weight excluding hydrogens is 396 g/mol. The van der Waals surface area contributed by atoms with E-state index in [-0.39, 0.29) is 19.2 Å². The van der Waals surface area contributed by atoms with E-state index in [4.69, 9.17) is 14.2 Å². The Hall–Kier alpha value is -1.59. The van der Waals surface area contributed by atoms with Crippen LogP contribution in [0.1, 0.15) is 124 Å². The van der Waals surface area contributed by atoms with Gasteiger partial charge in [-0.1, -0.05) is 96.8 Å². The number of hydrogen-bond acceptors (Lipinski definition) is 6. The molecule has 6 heteroatoms. The lowest BCUT2D eigenvalue weighted by Gasteiger charge is -2.16. The molecule has 0 aromatic carbocycles. The third-order valence-corrected chi connectivity index (χ3v) is 5.22. The number of carbonyl (C=O) groups excluding carboxylic acids is 3. The van der Waals surface area contributed by atoms with Gasteiger partial charge in [-0.15, -0.1) is 0 Å². The normalized spacial score (nSPS) is 11.7. The average Bonchev–Trinajstić information content (AvgIpc) is 2.72. The largest absolute Gasteiger partial charge is 0.462 e. The number of esters is 3. The summed E-state index contributed by atoms with van der Waals surface area (Å²) in [6.07, 6.45) is 18.8. The Morgan fingerprint density at radius 2 is 1.00 bits per heavy atom. The van der Waals surface area contributed by atoms with Crippen LogP contribution in [-0.4, -0.2) is 37.2 Å². The van der Waals surface area contributed by atoms with Crippen molar-refractivity contribution in [3.05, 3.63) is 0 Å². The fourth-order valence-corrected chi connectivity index (χ4v) is 3.46. The third-order valence-electron chi connectivity index (χ3n) is 5.22. The first-order chi connectivity index (χ1) is 15.0. The maximum absolute atomic E-state index is 11.8. The molecule has 0 aromatic heterocycles. The van der Waals surface area contributed by atoms with Gasteiger partial charge in [-0.3, -0.25) is 14.4 Å². The Morgan fingerprint density at radius 3 is 1.42 bits per heavy atom. The molecule has 0 unspecified atom stereocenters. The monoisotopic (exact) mass is 442 g/mol. The standard InChI is InChI=1S/C25H46O6/c1-4-5-6-7-8-9-10-11-12-13-14-15-16-17-18-19-25(28)30-21-24(31-23(3)27)20-29-22(2)26/h24H,4-21H2,1-3H3/t24-/m0/s1. The van der Waals surface area contributed by atoms with E-state index >= 15 is 0 Å². The van der Waals surface area contributed by atoms with Crippen LogP contribution in [0.5, 0.6) is 0 Å². The van der Waals surface area contributed by atoms with E-state index < -0.39 is 18.0 Å². The predicted molar refractivity (Wildman–Crippen MR) is 123 cm³/mol. The van der Waals surface area contributed by atoms with Gasteiger partial charge in [0.05, 0.1) is 0 Å². The van der Waals surface area contributed by atoms with Crippen molar-refractivity contribution in [3.8, 4) is 0 Å².